The number of rotatable bonds is 6. The summed E-state index contributed by atoms with van der Waals surface area (Å²) in [5.74, 6) is 1.35. The lowest BCUT2D eigenvalue weighted by molar-refractivity contribution is -0.120. The number of H-pyrrole nitrogens is 1. The zero-order chi connectivity index (χ0) is 19.7. The van der Waals surface area contributed by atoms with Gasteiger partial charge in [-0.05, 0) is 51.9 Å². The van der Waals surface area contributed by atoms with Crippen LogP contribution in [0.1, 0.15) is 41.7 Å². The minimum atomic E-state index is -0.185. The molecule has 9 nitrogen and oxygen atoms in total. The highest BCUT2D eigenvalue weighted by molar-refractivity contribution is 5.77. The Labute approximate surface area is 161 Å². The molecule has 0 aromatic carbocycles. The van der Waals surface area contributed by atoms with Crippen molar-refractivity contribution in [3.63, 3.8) is 0 Å². The largest absolute Gasteiger partial charge is 0.468 e. The van der Waals surface area contributed by atoms with Crippen LogP contribution in [-0.4, -0.2) is 51.0 Å². The number of amides is 1. The minimum Gasteiger partial charge on any atom is -0.468 e. The van der Waals surface area contributed by atoms with Gasteiger partial charge in [0.15, 0.2) is 0 Å². The van der Waals surface area contributed by atoms with Gasteiger partial charge in [0.25, 0.3) is 11.3 Å². The molecule has 0 bridgehead atoms. The van der Waals surface area contributed by atoms with Crippen molar-refractivity contribution < 1.29 is 9.21 Å². The Morgan fingerprint density at radius 2 is 2.18 bits per heavy atom. The number of hydrogen-bond acceptors (Lipinski definition) is 6. The highest BCUT2D eigenvalue weighted by atomic mass is 16.3. The fourth-order valence-corrected chi connectivity index (χ4v) is 3.61. The molecule has 3 heterocycles. The van der Waals surface area contributed by atoms with Crippen LogP contribution in [-0.2, 0) is 24.1 Å². The number of carbonyl (C=O) groups excluding carboxylic acids is 1. The monoisotopic (exact) mass is 384 g/mol. The third-order valence-corrected chi connectivity index (χ3v) is 5.13. The normalized spacial score (nSPS) is 15.0. The molecule has 9 heteroatoms. The molecule has 0 aliphatic heterocycles. The van der Waals surface area contributed by atoms with Crippen LogP contribution < -0.4 is 10.9 Å². The summed E-state index contributed by atoms with van der Waals surface area (Å²) in [5.41, 5.74) is 1.49. The quantitative estimate of drug-likeness (QED) is 0.652. The maximum Gasteiger partial charge on any atom is 0.277 e. The van der Waals surface area contributed by atoms with Crippen LogP contribution in [0.2, 0.25) is 0 Å². The van der Waals surface area contributed by atoms with E-state index < -0.39 is 0 Å². The minimum absolute atomic E-state index is 0.0474. The number of fused-ring (bicyclic) bond motifs is 2. The number of nitrogens with zero attached hydrogens (tertiary/aromatic N) is 4. The van der Waals surface area contributed by atoms with Crippen molar-refractivity contribution in [3.8, 4) is 0 Å². The van der Waals surface area contributed by atoms with Gasteiger partial charge in [0.05, 0.1) is 24.4 Å². The first-order valence-electron chi connectivity index (χ1n) is 9.49. The van der Waals surface area contributed by atoms with E-state index in [2.05, 4.69) is 20.4 Å². The summed E-state index contributed by atoms with van der Waals surface area (Å²) in [6.45, 7) is 0.409. The molecular weight excluding hydrogens is 360 g/mol. The molecule has 0 saturated heterocycles. The molecule has 1 aliphatic carbocycles. The van der Waals surface area contributed by atoms with Gasteiger partial charge in [-0.1, -0.05) is 0 Å². The zero-order valence-electron chi connectivity index (χ0n) is 16.1. The molecule has 4 rings (SSSR count). The summed E-state index contributed by atoms with van der Waals surface area (Å²) in [5, 5.41) is 5.83. The first kappa shape index (κ1) is 18.4. The predicted octanol–water partition coefficient (Wildman–Crippen LogP) is 0.851. The van der Waals surface area contributed by atoms with Crippen LogP contribution >= 0.6 is 0 Å². The molecule has 0 fully saturated rings. The van der Waals surface area contributed by atoms with Gasteiger partial charge < -0.3 is 9.73 Å². The number of aromatic nitrogens is 4. The van der Waals surface area contributed by atoms with Crippen molar-refractivity contribution in [2.75, 3.05) is 20.6 Å². The number of carbonyl (C=O) groups is 1. The molecule has 1 aliphatic rings. The average Bonchev–Trinajstić information content (AvgIpc) is 3.32. The van der Waals surface area contributed by atoms with Gasteiger partial charge in [0.2, 0.25) is 5.91 Å². The van der Waals surface area contributed by atoms with Crippen molar-refractivity contribution in [2.24, 2.45) is 0 Å². The Balaban J connectivity index is 1.46. The van der Waals surface area contributed by atoms with Gasteiger partial charge >= 0.3 is 0 Å². The average molecular weight is 384 g/mol. The van der Waals surface area contributed by atoms with Gasteiger partial charge in [0, 0.05) is 12.1 Å². The van der Waals surface area contributed by atoms with Crippen LogP contribution in [0.3, 0.4) is 0 Å². The molecule has 0 spiro atoms. The highest BCUT2D eigenvalue weighted by Gasteiger charge is 2.20. The number of furan rings is 1. The van der Waals surface area contributed by atoms with Gasteiger partial charge in [-0.2, -0.15) is 9.50 Å². The van der Waals surface area contributed by atoms with E-state index in [-0.39, 0.29) is 23.9 Å². The predicted molar refractivity (Wildman–Crippen MR) is 102 cm³/mol. The maximum atomic E-state index is 12.6. The van der Waals surface area contributed by atoms with E-state index in [4.69, 9.17) is 4.42 Å². The van der Waals surface area contributed by atoms with Crippen LogP contribution in [0.4, 0.5) is 0 Å². The molecule has 1 unspecified atom stereocenters. The van der Waals surface area contributed by atoms with Gasteiger partial charge in [-0.15, -0.1) is 0 Å². The Kier molecular flexibility index (Phi) is 4.99. The lowest BCUT2D eigenvalue weighted by Gasteiger charge is -2.22. The summed E-state index contributed by atoms with van der Waals surface area (Å²) in [6, 6.07) is 3.65. The molecule has 0 saturated carbocycles. The fraction of sp³-hybridized carbons (Fsp3) is 0.474. The number of nitrogens with one attached hydrogen (secondary N) is 2. The van der Waals surface area contributed by atoms with E-state index in [0.29, 0.717) is 18.1 Å². The van der Waals surface area contributed by atoms with E-state index in [0.717, 1.165) is 42.7 Å². The lowest BCUT2D eigenvalue weighted by atomic mass is 9.97. The van der Waals surface area contributed by atoms with Crippen molar-refractivity contribution in [2.45, 2.75) is 38.1 Å². The van der Waals surface area contributed by atoms with E-state index in [1.54, 1.807) is 6.26 Å². The summed E-state index contributed by atoms with van der Waals surface area (Å²) in [7, 11) is 3.86. The van der Waals surface area contributed by atoms with Crippen molar-refractivity contribution in [3.05, 3.63) is 51.6 Å². The first-order valence-corrected chi connectivity index (χ1v) is 9.49. The van der Waals surface area contributed by atoms with Crippen LogP contribution in [0.5, 0.6) is 0 Å². The molecular formula is C19H24N6O3. The van der Waals surface area contributed by atoms with E-state index in [9.17, 15) is 9.59 Å². The maximum absolute atomic E-state index is 12.6. The number of aromatic amines is 1. The Morgan fingerprint density at radius 3 is 2.93 bits per heavy atom. The second-order valence-electron chi connectivity index (χ2n) is 7.33. The molecule has 2 N–H and O–H groups in total. The molecule has 1 amide bonds. The number of likely N-dealkylation sites (N-methyl/N-ethyl adjacent to an activating group) is 1. The SMILES string of the molecule is CN(C)C(CNC(=O)Cc1nc2nc3c(c(=O)n2[nH]1)CCCC3)c1ccco1. The summed E-state index contributed by atoms with van der Waals surface area (Å²) in [6.07, 6.45) is 5.26. The highest BCUT2D eigenvalue weighted by Crippen LogP contribution is 2.18. The van der Waals surface area contributed by atoms with E-state index >= 15 is 0 Å². The number of aryl methyl sites for hydroxylation is 1. The smallest absolute Gasteiger partial charge is 0.277 e. The van der Waals surface area contributed by atoms with Crippen molar-refractivity contribution >= 4 is 11.7 Å². The summed E-state index contributed by atoms with van der Waals surface area (Å²) in [4.78, 5) is 35.9. The Morgan fingerprint density at radius 1 is 1.36 bits per heavy atom. The van der Waals surface area contributed by atoms with Crippen LogP contribution in [0, 0.1) is 0 Å². The van der Waals surface area contributed by atoms with Crippen molar-refractivity contribution in [1.82, 2.24) is 29.8 Å². The van der Waals surface area contributed by atoms with Gasteiger partial charge in [-0.3, -0.25) is 19.6 Å². The van der Waals surface area contributed by atoms with Gasteiger partial charge in [-0.25, -0.2) is 4.98 Å². The standard InChI is InChI=1S/C19H24N6O3/c1-24(2)14(15-8-5-9-28-15)11-20-17(26)10-16-22-19-21-13-7-4-3-6-12(13)18(27)25(19)23-16/h5,8-9,14H,3-4,6-7,10-11H2,1-2H3,(H,20,26)(H,21,22,23). The summed E-state index contributed by atoms with van der Waals surface area (Å²) >= 11 is 0. The van der Waals surface area contributed by atoms with E-state index in [1.807, 2.05) is 31.1 Å². The fourth-order valence-electron chi connectivity index (χ4n) is 3.61. The van der Waals surface area contributed by atoms with Crippen LogP contribution in [0.15, 0.2) is 27.6 Å². The molecule has 3 aromatic rings. The second-order valence-corrected chi connectivity index (χ2v) is 7.33. The molecule has 3 aromatic heterocycles. The second kappa shape index (κ2) is 7.59. The molecule has 0 radical (unpaired) electrons. The third kappa shape index (κ3) is 3.57. The molecule has 1 atom stereocenters. The number of hydrogen-bond donors (Lipinski definition) is 2. The summed E-state index contributed by atoms with van der Waals surface area (Å²) < 4.78 is 6.80. The van der Waals surface area contributed by atoms with E-state index in [1.165, 1.54) is 4.52 Å². The van der Waals surface area contributed by atoms with Gasteiger partial charge in [0.1, 0.15) is 11.6 Å². The Bertz CT molecular complexity index is 1030. The van der Waals surface area contributed by atoms with Crippen molar-refractivity contribution in [1.29, 1.82) is 0 Å². The molecule has 148 valence electrons. The third-order valence-electron chi connectivity index (χ3n) is 5.13. The lowest BCUT2D eigenvalue weighted by Crippen LogP contribution is -2.35. The van der Waals surface area contributed by atoms with Crippen LogP contribution in [0.25, 0.3) is 5.78 Å². The first-order chi connectivity index (χ1) is 13.5. The Hall–Kier alpha value is -2.94. The topological polar surface area (TPSA) is 109 Å². The zero-order valence-corrected chi connectivity index (χ0v) is 16.1. The molecule has 28 heavy (non-hydrogen) atoms.